The van der Waals surface area contributed by atoms with E-state index in [9.17, 15) is 0 Å². The Bertz CT molecular complexity index is 190. The average molecular weight is 197 g/mol. The van der Waals surface area contributed by atoms with Crippen LogP contribution in [0.1, 0.15) is 6.42 Å². The molecule has 14 heavy (non-hydrogen) atoms. The standard InChI is InChI=1S/C10H19N3O/c1(4-13-5-2-11-10-13)3-12-6-8-14-9-7-12/h2,5,11H,1,3-4,6-10H2. The molecule has 2 aliphatic heterocycles. The maximum atomic E-state index is 5.31. The SMILES string of the molecule is C1=CN(CCCN2CCOCC2)CN1. The maximum absolute atomic E-state index is 5.31. The molecule has 0 amide bonds. The van der Waals surface area contributed by atoms with E-state index in [0.29, 0.717) is 0 Å². The van der Waals surface area contributed by atoms with Gasteiger partial charge in [-0.15, -0.1) is 0 Å². The van der Waals surface area contributed by atoms with Gasteiger partial charge in [-0.2, -0.15) is 0 Å². The molecule has 0 aromatic carbocycles. The molecule has 0 atom stereocenters. The Morgan fingerprint density at radius 2 is 2.07 bits per heavy atom. The lowest BCUT2D eigenvalue weighted by atomic mass is 10.3. The van der Waals surface area contributed by atoms with E-state index in [1.54, 1.807) is 0 Å². The van der Waals surface area contributed by atoms with E-state index in [-0.39, 0.29) is 0 Å². The van der Waals surface area contributed by atoms with Crippen LogP contribution in [0.4, 0.5) is 0 Å². The first-order valence-corrected chi connectivity index (χ1v) is 5.39. The first-order chi connectivity index (χ1) is 6.95. The van der Waals surface area contributed by atoms with E-state index < -0.39 is 0 Å². The molecule has 2 heterocycles. The summed E-state index contributed by atoms with van der Waals surface area (Å²) in [5.41, 5.74) is 0. The van der Waals surface area contributed by atoms with Crippen LogP contribution >= 0.6 is 0 Å². The molecule has 0 radical (unpaired) electrons. The van der Waals surface area contributed by atoms with Crippen LogP contribution in [0, 0.1) is 0 Å². The fraction of sp³-hybridized carbons (Fsp3) is 0.800. The van der Waals surface area contributed by atoms with E-state index in [1.165, 1.54) is 13.0 Å². The number of nitrogens with one attached hydrogen (secondary N) is 1. The molecule has 1 fully saturated rings. The first kappa shape index (κ1) is 9.80. The highest BCUT2D eigenvalue weighted by molar-refractivity contribution is 4.86. The summed E-state index contributed by atoms with van der Waals surface area (Å²) in [5, 5.41) is 3.17. The fourth-order valence-corrected chi connectivity index (χ4v) is 1.86. The number of hydrogen-bond donors (Lipinski definition) is 1. The van der Waals surface area contributed by atoms with E-state index in [0.717, 1.165) is 39.5 Å². The molecular weight excluding hydrogens is 178 g/mol. The van der Waals surface area contributed by atoms with Crippen LogP contribution in [0.5, 0.6) is 0 Å². The molecule has 0 aromatic heterocycles. The van der Waals surface area contributed by atoms with Gasteiger partial charge in [0, 0.05) is 38.6 Å². The van der Waals surface area contributed by atoms with Crippen molar-refractivity contribution >= 4 is 0 Å². The van der Waals surface area contributed by atoms with Crippen LogP contribution in [0.25, 0.3) is 0 Å². The number of ether oxygens (including phenoxy) is 1. The largest absolute Gasteiger partial charge is 0.379 e. The van der Waals surface area contributed by atoms with Gasteiger partial charge < -0.3 is 15.0 Å². The molecule has 4 heteroatoms. The molecule has 1 N–H and O–H groups in total. The Labute approximate surface area is 85.5 Å². The average Bonchev–Trinajstić information content (AvgIpc) is 2.72. The molecule has 0 aliphatic carbocycles. The third kappa shape index (κ3) is 2.89. The van der Waals surface area contributed by atoms with E-state index in [4.69, 9.17) is 4.74 Å². The van der Waals surface area contributed by atoms with Crippen molar-refractivity contribution in [3.63, 3.8) is 0 Å². The van der Waals surface area contributed by atoms with Crippen LogP contribution in [-0.4, -0.2) is 55.9 Å². The minimum Gasteiger partial charge on any atom is -0.379 e. The Morgan fingerprint density at radius 3 is 2.79 bits per heavy atom. The lowest BCUT2D eigenvalue weighted by Gasteiger charge is -2.27. The van der Waals surface area contributed by atoms with Gasteiger partial charge in [0.2, 0.25) is 0 Å². The van der Waals surface area contributed by atoms with E-state index in [2.05, 4.69) is 21.3 Å². The first-order valence-electron chi connectivity index (χ1n) is 5.39. The van der Waals surface area contributed by atoms with Crippen molar-refractivity contribution in [2.75, 3.05) is 46.1 Å². The third-order valence-electron chi connectivity index (χ3n) is 2.72. The topological polar surface area (TPSA) is 27.7 Å². The van der Waals surface area contributed by atoms with Gasteiger partial charge in [0.05, 0.1) is 19.9 Å². The van der Waals surface area contributed by atoms with Gasteiger partial charge in [0.15, 0.2) is 0 Å². The van der Waals surface area contributed by atoms with Crippen LogP contribution in [0.15, 0.2) is 12.4 Å². The highest BCUT2D eigenvalue weighted by atomic mass is 16.5. The molecule has 0 bridgehead atoms. The van der Waals surface area contributed by atoms with Crippen molar-refractivity contribution in [1.82, 2.24) is 15.1 Å². The van der Waals surface area contributed by atoms with Gasteiger partial charge in [0.1, 0.15) is 0 Å². The van der Waals surface area contributed by atoms with Crippen molar-refractivity contribution in [3.05, 3.63) is 12.4 Å². The Balaban J connectivity index is 1.55. The van der Waals surface area contributed by atoms with Crippen molar-refractivity contribution in [3.8, 4) is 0 Å². The molecule has 0 saturated carbocycles. The molecule has 2 aliphatic rings. The smallest absolute Gasteiger partial charge is 0.0867 e. The van der Waals surface area contributed by atoms with Gasteiger partial charge in [-0.05, 0) is 6.42 Å². The summed E-state index contributed by atoms with van der Waals surface area (Å²) in [4.78, 5) is 4.79. The normalized spacial score (nSPS) is 22.7. The molecule has 0 unspecified atom stereocenters. The number of nitrogens with zero attached hydrogens (tertiary/aromatic N) is 2. The highest BCUT2D eigenvalue weighted by Crippen LogP contribution is 2.01. The zero-order chi connectivity index (χ0) is 9.64. The van der Waals surface area contributed by atoms with Crippen LogP contribution < -0.4 is 5.32 Å². The Hall–Kier alpha value is -0.740. The zero-order valence-electron chi connectivity index (χ0n) is 8.61. The Morgan fingerprint density at radius 1 is 1.21 bits per heavy atom. The molecule has 0 spiro atoms. The predicted molar refractivity (Wildman–Crippen MR) is 55.7 cm³/mol. The van der Waals surface area contributed by atoms with E-state index >= 15 is 0 Å². The van der Waals surface area contributed by atoms with Gasteiger partial charge in [-0.25, -0.2) is 0 Å². The quantitative estimate of drug-likeness (QED) is 0.689. The molecule has 80 valence electrons. The van der Waals surface area contributed by atoms with Gasteiger partial charge in [0.25, 0.3) is 0 Å². The second-order valence-corrected chi connectivity index (χ2v) is 3.80. The number of hydrogen-bond acceptors (Lipinski definition) is 4. The van der Waals surface area contributed by atoms with Crippen LogP contribution in [-0.2, 0) is 4.74 Å². The van der Waals surface area contributed by atoms with Crippen LogP contribution in [0.3, 0.4) is 0 Å². The van der Waals surface area contributed by atoms with Gasteiger partial charge >= 0.3 is 0 Å². The summed E-state index contributed by atoms with van der Waals surface area (Å²) in [7, 11) is 0. The van der Waals surface area contributed by atoms with Crippen molar-refractivity contribution < 1.29 is 4.74 Å². The summed E-state index contributed by atoms with van der Waals surface area (Å²) in [5.74, 6) is 0. The minimum absolute atomic E-state index is 0.908. The molecule has 1 saturated heterocycles. The van der Waals surface area contributed by atoms with Crippen molar-refractivity contribution in [1.29, 1.82) is 0 Å². The summed E-state index contributed by atoms with van der Waals surface area (Å²) in [6.07, 6.45) is 5.38. The lowest BCUT2D eigenvalue weighted by Crippen LogP contribution is -2.37. The Kier molecular flexibility index (Phi) is 3.65. The summed E-state index contributed by atoms with van der Waals surface area (Å²) in [6, 6.07) is 0. The van der Waals surface area contributed by atoms with Gasteiger partial charge in [-0.3, -0.25) is 4.90 Å². The van der Waals surface area contributed by atoms with Gasteiger partial charge in [-0.1, -0.05) is 0 Å². The number of morpholine rings is 1. The summed E-state index contributed by atoms with van der Waals surface area (Å²) in [6.45, 7) is 7.36. The number of rotatable bonds is 4. The lowest BCUT2D eigenvalue weighted by molar-refractivity contribution is 0.0367. The molecular formula is C10H19N3O. The fourth-order valence-electron chi connectivity index (χ4n) is 1.86. The van der Waals surface area contributed by atoms with Crippen molar-refractivity contribution in [2.45, 2.75) is 6.42 Å². The minimum atomic E-state index is 0.908. The second kappa shape index (κ2) is 5.22. The summed E-state index contributed by atoms with van der Waals surface area (Å²) < 4.78 is 5.31. The zero-order valence-corrected chi connectivity index (χ0v) is 8.61. The monoisotopic (exact) mass is 197 g/mol. The second-order valence-electron chi connectivity index (χ2n) is 3.80. The third-order valence-corrected chi connectivity index (χ3v) is 2.72. The molecule has 0 aromatic rings. The molecule has 4 nitrogen and oxygen atoms in total. The predicted octanol–water partition coefficient (Wildman–Crippen LogP) is 0.0426. The molecule has 2 rings (SSSR count). The highest BCUT2D eigenvalue weighted by Gasteiger charge is 2.10. The maximum Gasteiger partial charge on any atom is 0.0867 e. The van der Waals surface area contributed by atoms with E-state index in [1.807, 2.05) is 6.20 Å². The van der Waals surface area contributed by atoms with Crippen LogP contribution in [0.2, 0.25) is 0 Å². The summed E-state index contributed by atoms with van der Waals surface area (Å²) >= 11 is 0. The van der Waals surface area contributed by atoms with Crippen molar-refractivity contribution in [2.24, 2.45) is 0 Å².